The standard InChI is InChI=1S/C11H12BNO4/c12-7-3-1-6(2-4-7)5-8-9(10(14)15)17-11(16)13-8/h1-4,8-9H,5,12H2,(H,13,16)(H,14,15)/t8-,9+/m1/s1. The molecule has 17 heavy (non-hydrogen) atoms. The van der Waals surface area contributed by atoms with Crippen LogP contribution in [-0.4, -0.2) is 37.2 Å². The molecule has 0 unspecified atom stereocenters. The van der Waals surface area contributed by atoms with E-state index in [1.807, 2.05) is 32.1 Å². The number of ether oxygens (including phenoxy) is 1. The Morgan fingerprint density at radius 2 is 2.06 bits per heavy atom. The number of alkyl carbamates (subject to hydrolysis) is 1. The van der Waals surface area contributed by atoms with Crippen molar-refractivity contribution in [2.24, 2.45) is 0 Å². The fourth-order valence-electron chi connectivity index (χ4n) is 1.82. The summed E-state index contributed by atoms with van der Waals surface area (Å²) < 4.78 is 4.68. The minimum Gasteiger partial charge on any atom is -0.478 e. The van der Waals surface area contributed by atoms with Crippen LogP contribution in [0.25, 0.3) is 0 Å². The zero-order valence-electron chi connectivity index (χ0n) is 9.34. The van der Waals surface area contributed by atoms with Crippen LogP contribution in [0.1, 0.15) is 5.56 Å². The summed E-state index contributed by atoms with van der Waals surface area (Å²) in [6.45, 7) is 0. The van der Waals surface area contributed by atoms with Crippen LogP contribution in [0.2, 0.25) is 0 Å². The van der Waals surface area contributed by atoms with Crippen molar-refractivity contribution < 1.29 is 19.4 Å². The lowest BCUT2D eigenvalue weighted by Crippen LogP contribution is -2.38. The highest BCUT2D eigenvalue weighted by atomic mass is 16.6. The van der Waals surface area contributed by atoms with E-state index in [0.29, 0.717) is 6.42 Å². The van der Waals surface area contributed by atoms with Crippen LogP contribution in [0.3, 0.4) is 0 Å². The third-order valence-corrected chi connectivity index (χ3v) is 2.72. The molecule has 1 aromatic carbocycles. The Morgan fingerprint density at radius 3 is 2.65 bits per heavy atom. The van der Waals surface area contributed by atoms with Crippen molar-refractivity contribution in [1.82, 2.24) is 5.32 Å². The monoisotopic (exact) mass is 233 g/mol. The number of aliphatic carboxylic acids is 1. The number of carbonyl (C=O) groups is 2. The van der Waals surface area contributed by atoms with Gasteiger partial charge in [-0.2, -0.15) is 0 Å². The lowest BCUT2D eigenvalue weighted by molar-refractivity contribution is -0.145. The topological polar surface area (TPSA) is 75.6 Å². The molecule has 2 atom stereocenters. The number of carbonyl (C=O) groups excluding carboxylic acids is 1. The van der Waals surface area contributed by atoms with Crippen molar-refractivity contribution in [1.29, 1.82) is 0 Å². The molecule has 0 aliphatic carbocycles. The minimum atomic E-state index is -1.12. The van der Waals surface area contributed by atoms with Crippen molar-refractivity contribution in [2.45, 2.75) is 18.6 Å². The maximum atomic E-state index is 11.0. The Labute approximate surface area is 99.2 Å². The van der Waals surface area contributed by atoms with E-state index in [9.17, 15) is 9.59 Å². The molecular formula is C11H12BNO4. The van der Waals surface area contributed by atoms with Gasteiger partial charge in [0.1, 0.15) is 7.85 Å². The summed E-state index contributed by atoms with van der Waals surface area (Å²) in [6.07, 6.45) is -1.33. The first-order valence-electron chi connectivity index (χ1n) is 5.32. The molecule has 0 spiro atoms. The Kier molecular flexibility index (Phi) is 3.04. The van der Waals surface area contributed by atoms with E-state index in [-0.39, 0.29) is 0 Å². The largest absolute Gasteiger partial charge is 0.478 e. The fraction of sp³-hybridized carbons (Fsp3) is 0.273. The molecule has 1 fully saturated rings. The lowest BCUT2D eigenvalue weighted by Gasteiger charge is -2.12. The normalized spacial score (nSPS) is 22.9. The van der Waals surface area contributed by atoms with Crippen molar-refractivity contribution in [3.63, 3.8) is 0 Å². The highest BCUT2D eigenvalue weighted by Crippen LogP contribution is 2.14. The minimum absolute atomic E-state index is 0.447. The number of cyclic esters (lactones) is 1. The third-order valence-electron chi connectivity index (χ3n) is 2.72. The van der Waals surface area contributed by atoms with E-state index in [0.717, 1.165) is 11.0 Å². The maximum absolute atomic E-state index is 11.0. The lowest BCUT2D eigenvalue weighted by atomic mass is 9.93. The van der Waals surface area contributed by atoms with Crippen LogP contribution in [0.4, 0.5) is 4.79 Å². The van der Waals surface area contributed by atoms with E-state index in [1.54, 1.807) is 0 Å². The number of hydrogen-bond acceptors (Lipinski definition) is 3. The van der Waals surface area contributed by atoms with Gasteiger partial charge in [-0.25, -0.2) is 9.59 Å². The average Bonchev–Trinajstić information content (AvgIpc) is 2.63. The van der Waals surface area contributed by atoms with Gasteiger partial charge in [-0.3, -0.25) is 0 Å². The van der Waals surface area contributed by atoms with Gasteiger partial charge in [-0.05, 0) is 12.0 Å². The van der Waals surface area contributed by atoms with Crippen molar-refractivity contribution in [2.75, 3.05) is 0 Å². The molecule has 1 heterocycles. The van der Waals surface area contributed by atoms with Crippen LogP contribution in [0.5, 0.6) is 0 Å². The number of carboxylic acid groups (broad SMARTS) is 1. The van der Waals surface area contributed by atoms with E-state index in [4.69, 9.17) is 5.11 Å². The molecule has 6 heteroatoms. The van der Waals surface area contributed by atoms with Gasteiger partial charge in [0, 0.05) is 0 Å². The summed E-state index contributed by atoms with van der Waals surface area (Å²) in [5.41, 5.74) is 2.10. The molecule has 88 valence electrons. The molecule has 0 aromatic heterocycles. The second kappa shape index (κ2) is 4.49. The van der Waals surface area contributed by atoms with E-state index >= 15 is 0 Å². The molecule has 0 saturated carbocycles. The number of amides is 1. The molecule has 2 rings (SSSR count). The van der Waals surface area contributed by atoms with Gasteiger partial charge in [0.2, 0.25) is 6.10 Å². The van der Waals surface area contributed by atoms with Gasteiger partial charge in [0.05, 0.1) is 6.04 Å². The van der Waals surface area contributed by atoms with Crippen molar-refractivity contribution in [3.8, 4) is 0 Å². The smallest absolute Gasteiger partial charge is 0.408 e. The zero-order chi connectivity index (χ0) is 12.4. The SMILES string of the molecule is Bc1ccc(C[C@H]2NC(=O)O[C@@H]2C(=O)O)cc1. The van der Waals surface area contributed by atoms with Crippen molar-refractivity contribution in [3.05, 3.63) is 29.8 Å². The van der Waals surface area contributed by atoms with E-state index in [2.05, 4.69) is 10.1 Å². The first-order valence-corrected chi connectivity index (χ1v) is 5.32. The first kappa shape index (κ1) is 11.5. The summed E-state index contributed by atoms with van der Waals surface area (Å²) in [5, 5.41) is 11.4. The van der Waals surface area contributed by atoms with Gasteiger partial charge in [-0.15, -0.1) is 0 Å². The predicted molar refractivity (Wildman–Crippen MR) is 63.2 cm³/mol. The number of nitrogens with one attached hydrogen (secondary N) is 1. The predicted octanol–water partition coefficient (Wildman–Crippen LogP) is -0.951. The molecule has 1 aromatic rings. The Bertz CT molecular complexity index is 445. The fourth-order valence-corrected chi connectivity index (χ4v) is 1.82. The molecule has 1 aliphatic heterocycles. The zero-order valence-corrected chi connectivity index (χ0v) is 9.34. The molecule has 5 nitrogen and oxygen atoms in total. The number of rotatable bonds is 3. The van der Waals surface area contributed by atoms with Crippen LogP contribution in [0, 0.1) is 0 Å². The van der Waals surface area contributed by atoms with Gasteiger partial charge in [0.15, 0.2) is 0 Å². The van der Waals surface area contributed by atoms with Gasteiger partial charge < -0.3 is 15.2 Å². The van der Waals surface area contributed by atoms with Gasteiger partial charge >= 0.3 is 12.1 Å². The highest BCUT2D eigenvalue weighted by Gasteiger charge is 2.39. The molecule has 2 N–H and O–H groups in total. The van der Waals surface area contributed by atoms with E-state index < -0.39 is 24.2 Å². The number of benzene rings is 1. The van der Waals surface area contributed by atoms with Crippen molar-refractivity contribution >= 4 is 25.4 Å². The summed E-state index contributed by atoms with van der Waals surface area (Å²) in [4.78, 5) is 21.9. The van der Waals surface area contributed by atoms with Crippen LogP contribution < -0.4 is 10.8 Å². The molecule has 1 aliphatic rings. The van der Waals surface area contributed by atoms with Crippen LogP contribution in [-0.2, 0) is 16.0 Å². The van der Waals surface area contributed by atoms with Crippen LogP contribution >= 0.6 is 0 Å². The Balaban J connectivity index is 2.09. The van der Waals surface area contributed by atoms with Crippen LogP contribution in [0.15, 0.2) is 24.3 Å². The Hall–Kier alpha value is -1.98. The molecule has 0 radical (unpaired) electrons. The molecule has 1 saturated heterocycles. The average molecular weight is 233 g/mol. The van der Waals surface area contributed by atoms with E-state index in [1.165, 1.54) is 0 Å². The summed E-state index contributed by atoms with van der Waals surface area (Å²) >= 11 is 0. The van der Waals surface area contributed by atoms with Gasteiger partial charge in [-0.1, -0.05) is 29.7 Å². The first-order chi connectivity index (χ1) is 8.06. The Morgan fingerprint density at radius 1 is 1.41 bits per heavy atom. The second-order valence-electron chi connectivity index (χ2n) is 4.10. The third kappa shape index (κ3) is 2.58. The second-order valence-corrected chi connectivity index (χ2v) is 4.10. The number of hydrogen-bond donors (Lipinski definition) is 2. The summed E-state index contributed by atoms with van der Waals surface area (Å²) in [6, 6.07) is 7.21. The molecule has 0 bridgehead atoms. The summed E-state index contributed by atoms with van der Waals surface area (Å²) in [5.74, 6) is -1.12. The van der Waals surface area contributed by atoms with Gasteiger partial charge in [0.25, 0.3) is 0 Å². The molecular weight excluding hydrogens is 221 g/mol. The quantitative estimate of drug-likeness (QED) is 0.660. The highest BCUT2D eigenvalue weighted by molar-refractivity contribution is 6.32. The number of carboxylic acids is 1. The summed E-state index contributed by atoms with van der Waals surface area (Å²) in [7, 11) is 1.98. The maximum Gasteiger partial charge on any atom is 0.408 e. The molecule has 1 amide bonds.